The van der Waals surface area contributed by atoms with Crippen LogP contribution in [0.2, 0.25) is 0 Å². The zero-order valence-electron chi connectivity index (χ0n) is 33.5. The van der Waals surface area contributed by atoms with Crippen molar-refractivity contribution in [2.75, 3.05) is 0 Å². The lowest BCUT2D eigenvalue weighted by Crippen LogP contribution is -2.28. The summed E-state index contributed by atoms with van der Waals surface area (Å²) in [6.45, 7) is 0. The van der Waals surface area contributed by atoms with Crippen molar-refractivity contribution in [2.24, 2.45) is 0 Å². The summed E-state index contributed by atoms with van der Waals surface area (Å²) >= 11 is 0. The molecule has 0 aliphatic heterocycles. The van der Waals surface area contributed by atoms with Crippen molar-refractivity contribution in [3.63, 3.8) is 0 Å². The highest BCUT2D eigenvalue weighted by Gasteiger charge is 2.46. The molecule has 0 saturated heterocycles. The predicted molar refractivity (Wildman–Crippen MR) is 250 cm³/mol. The Labute approximate surface area is 352 Å². The molecule has 286 valence electrons. The number of hydrogen-bond donors (Lipinski definition) is 0. The van der Waals surface area contributed by atoms with Crippen molar-refractivity contribution in [1.82, 2.24) is 0 Å². The third-order valence-electron chi connectivity index (χ3n) is 12.9. The third kappa shape index (κ3) is 6.26. The van der Waals surface area contributed by atoms with Gasteiger partial charge in [-0.3, -0.25) is 0 Å². The fourth-order valence-electron chi connectivity index (χ4n) is 9.97. The number of benzene rings is 9. The van der Waals surface area contributed by atoms with Gasteiger partial charge in [-0.05, 0) is 116 Å². The highest BCUT2D eigenvalue weighted by atomic mass is 16.3. The Hall–Kier alpha value is -7.22. The van der Waals surface area contributed by atoms with Gasteiger partial charge in [-0.2, -0.15) is 0 Å². The topological polar surface area (TPSA) is 13.1 Å². The van der Waals surface area contributed by atoms with Gasteiger partial charge in [-0.15, -0.1) is 0 Å². The van der Waals surface area contributed by atoms with E-state index in [0.717, 1.165) is 41.2 Å². The van der Waals surface area contributed by atoms with Crippen LogP contribution in [0.4, 0.5) is 0 Å². The highest BCUT2D eigenvalue weighted by molar-refractivity contribution is 6.06. The molecule has 9 aromatic carbocycles. The molecule has 1 aliphatic rings. The fraction of sp³-hybridized carbons (Fsp3) is 0.0847. The van der Waals surface area contributed by atoms with Crippen LogP contribution in [-0.4, -0.2) is 0 Å². The lowest BCUT2D eigenvalue weighted by atomic mass is 9.67. The Morgan fingerprint density at radius 1 is 0.383 bits per heavy atom. The average molecular weight is 769 g/mol. The summed E-state index contributed by atoms with van der Waals surface area (Å²) in [6.07, 6.45) is 3.04. The number of rotatable bonds is 10. The largest absolute Gasteiger partial charge is 0.456 e. The van der Waals surface area contributed by atoms with Crippen LogP contribution in [0.1, 0.15) is 51.3 Å². The maximum absolute atomic E-state index is 6.07. The molecule has 1 atom stereocenters. The van der Waals surface area contributed by atoms with E-state index in [9.17, 15) is 0 Å². The quantitative estimate of drug-likeness (QED) is 0.135. The van der Waals surface area contributed by atoms with Crippen LogP contribution in [0.3, 0.4) is 0 Å². The Kier molecular flexibility index (Phi) is 9.09. The standard InChI is InChI=1S/C59H44O/c1-4-14-42(15-5-1)38-46(48-34-36-52-51-20-10-12-22-55(51)59(56(52)40-48,49-16-6-2-7-17-49)50-18-8-3-9-19-50)29-26-41-24-27-43(28-25-41)44-30-32-45(33-31-44)47-35-37-58-54(39-47)53-21-11-13-23-57(53)60-58/h1-25,27-28,30-37,39-40,46H,26,29,38H2. The molecular formula is C59H44O. The lowest BCUT2D eigenvalue weighted by molar-refractivity contribution is 0.619. The maximum atomic E-state index is 6.07. The molecule has 0 saturated carbocycles. The molecule has 11 rings (SSSR count). The average Bonchev–Trinajstić information content (AvgIpc) is 3.85. The molecule has 0 fully saturated rings. The molecule has 0 spiro atoms. The van der Waals surface area contributed by atoms with E-state index in [2.05, 4.69) is 212 Å². The molecule has 1 aliphatic carbocycles. The molecular weight excluding hydrogens is 725 g/mol. The summed E-state index contributed by atoms with van der Waals surface area (Å²) in [5.41, 5.74) is 18.4. The van der Waals surface area contributed by atoms with Crippen LogP contribution in [0.25, 0.3) is 55.3 Å². The second-order valence-electron chi connectivity index (χ2n) is 16.3. The van der Waals surface area contributed by atoms with Gasteiger partial charge in [-0.1, -0.05) is 206 Å². The summed E-state index contributed by atoms with van der Waals surface area (Å²) in [4.78, 5) is 0. The molecule has 0 radical (unpaired) electrons. The van der Waals surface area contributed by atoms with Gasteiger partial charge in [0.2, 0.25) is 0 Å². The van der Waals surface area contributed by atoms with Gasteiger partial charge >= 0.3 is 0 Å². The van der Waals surface area contributed by atoms with Gasteiger partial charge in [0, 0.05) is 10.8 Å². The van der Waals surface area contributed by atoms with Crippen molar-refractivity contribution in [1.29, 1.82) is 0 Å². The lowest BCUT2D eigenvalue weighted by Gasteiger charge is -2.34. The van der Waals surface area contributed by atoms with Gasteiger partial charge < -0.3 is 4.42 Å². The summed E-state index contributed by atoms with van der Waals surface area (Å²) < 4.78 is 6.07. The van der Waals surface area contributed by atoms with Crippen molar-refractivity contribution in [3.05, 3.63) is 263 Å². The molecule has 1 aromatic heterocycles. The first-order valence-electron chi connectivity index (χ1n) is 21.2. The van der Waals surface area contributed by atoms with Crippen LogP contribution in [0.5, 0.6) is 0 Å². The molecule has 1 unspecified atom stereocenters. The van der Waals surface area contributed by atoms with Gasteiger partial charge in [-0.25, -0.2) is 0 Å². The summed E-state index contributed by atoms with van der Waals surface area (Å²) in [6, 6.07) is 82.7. The summed E-state index contributed by atoms with van der Waals surface area (Å²) in [5.74, 6) is 0.345. The number of furan rings is 1. The monoisotopic (exact) mass is 768 g/mol. The van der Waals surface area contributed by atoms with E-state index in [1.165, 1.54) is 72.3 Å². The summed E-state index contributed by atoms with van der Waals surface area (Å²) in [5, 5.41) is 2.31. The van der Waals surface area contributed by atoms with Crippen molar-refractivity contribution < 1.29 is 4.42 Å². The van der Waals surface area contributed by atoms with Gasteiger partial charge in [0.15, 0.2) is 0 Å². The Morgan fingerprint density at radius 3 is 1.65 bits per heavy atom. The van der Waals surface area contributed by atoms with E-state index in [4.69, 9.17) is 4.42 Å². The SMILES string of the molecule is c1ccc(CC(CCc2ccc(-c3ccc(-c4ccc5oc6ccccc6c5c4)cc3)cc2)c2ccc3c(c2)C(c2ccccc2)(c2ccccc2)c2ccccc2-3)cc1. The van der Waals surface area contributed by atoms with E-state index in [1.807, 2.05) is 12.1 Å². The normalized spacial score (nSPS) is 13.3. The second kappa shape index (κ2) is 15.2. The van der Waals surface area contributed by atoms with Crippen LogP contribution >= 0.6 is 0 Å². The first kappa shape index (κ1) is 35.9. The fourth-order valence-corrected chi connectivity index (χ4v) is 9.97. The van der Waals surface area contributed by atoms with E-state index in [-0.39, 0.29) is 0 Å². The third-order valence-corrected chi connectivity index (χ3v) is 12.9. The molecule has 10 aromatic rings. The van der Waals surface area contributed by atoms with Gasteiger partial charge in [0.25, 0.3) is 0 Å². The van der Waals surface area contributed by atoms with Crippen LogP contribution in [0, 0.1) is 0 Å². The first-order chi connectivity index (χ1) is 29.7. The van der Waals surface area contributed by atoms with Crippen LogP contribution in [0.15, 0.2) is 229 Å². The van der Waals surface area contributed by atoms with Crippen LogP contribution in [-0.2, 0) is 18.3 Å². The molecule has 1 heterocycles. The molecule has 1 heteroatoms. The predicted octanol–water partition coefficient (Wildman–Crippen LogP) is 15.2. The van der Waals surface area contributed by atoms with Crippen LogP contribution < -0.4 is 0 Å². The molecule has 60 heavy (non-hydrogen) atoms. The number of para-hydroxylation sites is 1. The molecule has 0 N–H and O–H groups in total. The van der Waals surface area contributed by atoms with Crippen molar-refractivity contribution in [2.45, 2.75) is 30.6 Å². The number of hydrogen-bond acceptors (Lipinski definition) is 1. The smallest absolute Gasteiger partial charge is 0.135 e. The molecule has 0 amide bonds. The molecule has 0 bridgehead atoms. The number of aryl methyl sites for hydroxylation is 1. The minimum absolute atomic E-state index is 0.345. The zero-order valence-corrected chi connectivity index (χ0v) is 33.5. The minimum Gasteiger partial charge on any atom is -0.456 e. The summed E-state index contributed by atoms with van der Waals surface area (Å²) in [7, 11) is 0. The van der Waals surface area contributed by atoms with E-state index in [1.54, 1.807) is 0 Å². The maximum Gasteiger partial charge on any atom is 0.135 e. The first-order valence-corrected chi connectivity index (χ1v) is 21.2. The van der Waals surface area contributed by atoms with Gasteiger partial charge in [0.1, 0.15) is 11.2 Å². The number of fused-ring (bicyclic) bond motifs is 6. The molecule has 1 nitrogen and oxygen atoms in total. The van der Waals surface area contributed by atoms with Gasteiger partial charge in [0.05, 0.1) is 5.41 Å². The van der Waals surface area contributed by atoms with E-state index < -0.39 is 5.41 Å². The van der Waals surface area contributed by atoms with E-state index >= 15 is 0 Å². The Balaban J connectivity index is 0.893. The van der Waals surface area contributed by atoms with Crippen molar-refractivity contribution >= 4 is 21.9 Å². The Bertz CT molecular complexity index is 3050. The second-order valence-corrected chi connectivity index (χ2v) is 16.3. The Morgan fingerprint density at radius 2 is 0.933 bits per heavy atom. The minimum atomic E-state index is -0.405. The zero-order chi connectivity index (χ0) is 39.9. The van der Waals surface area contributed by atoms with Crippen molar-refractivity contribution in [3.8, 4) is 33.4 Å². The highest BCUT2D eigenvalue weighted by Crippen LogP contribution is 2.56. The van der Waals surface area contributed by atoms with E-state index in [0.29, 0.717) is 5.92 Å².